The first-order valence-corrected chi connectivity index (χ1v) is 5.25. The van der Waals surface area contributed by atoms with Gasteiger partial charge in [0.2, 0.25) is 0 Å². The zero-order chi connectivity index (χ0) is 11.1. The number of fused-ring (bicyclic) bond motifs is 1. The Bertz CT molecular complexity index is 635. The highest BCUT2D eigenvalue weighted by Gasteiger charge is 2.11. The number of aromatic nitrogens is 2. The molecule has 3 nitrogen and oxygen atoms in total. The van der Waals surface area contributed by atoms with E-state index in [-0.39, 0.29) is 0 Å². The summed E-state index contributed by atoms with van der Waals surface area (Å²) in [5.74, 6) is 0.818. The number of rotatable bonds is 1. The van der Waals surface area contributed by atoms with Crippen molar-refractivity contribution in [1.29, 1.82) is 0 Å². The Kier molecular flexibility index (Phi) is 1.86. The van der Waals surface area contributed by atoms with E-state index in [9.17, 15) is 0 Å². The summed E-state index contributed by atoms with van der Waals surface area (Å²) in [4.78, 5) is 4.58. The van der Waals surface area contributed by atoms with Gasteiger partial charge in [0.1, 0.15) is 11.3 Å². The van der Waals surface area contributed by atoms with Crippen LogP contribution in [-0.4, -0.2) is 9.38 Å². The molecule has 0 radical (unpaired) electrons. The standard InChI is InChI=1S/C13H12N2O/c1-9-5-6-15-10(2)13(14-12(15)8-9)11-4-3-7-16-11/h3-8H,1-2H3. The molecule has 16 heavy (non-hydrogen) atoms. The third-order valence-electron chi connectivity index (χ3n) is 2.78. The van der Waals surface area contributed by atoms with Crippen LogP contribution in [0.15, 0.2) is 41.1 Å². The monoisotopic (exact) mass is 212 g/mol. The van der Waals surface area contributed by atoms with E-state index < -0.39 is 0 Å². The van der Waals surface area contributed by atoms with Crippen molar-refractivity contribution in [1.82, 2.24) is 9.38 Å². The minimum atomic E-state index is 0.818. The van der Waals surface area contributed by atoms with Crippen molar-refractivity contribution >= 4 is 5.65 Å². The molecule has 0 bridgehead atoms. The van der Waals surface area contributed by atoms with Crippen molar-refractivity contribution in [3.8, 4) is 11.5 Å². The maximum absolute atomic E-state index is 5.38. The van der Waals surface area contributed by atoms with Crippen molar-refractivity contribution in [2.24, 2.45) is 0 Å². The van der Waals surface area contributed by atoms with Crippen molar-refractivity contribution < 1.29 is 4.42 Å². The highest BCUT2D eigenvalue weighted by molar-refractivity contribution is 5.62. The summed E-state index contributed by atoms with van der Waals surface area (Å²) in [6.07, 6.45) is 3.71. The van der Waals surface area contributed by atoms with Gasteiger partial charge in [-0.2, -0.15) is 0 Å². The first kappa shape index (κ1) is 9.21. The Morgan fingerprint density at radius 3 is 2.88 bits per heavy atom. The number of pyridine rings is 1. The summed E-state index contributed by atoms with van der Waals surface area (Å²) in [6, 6.07) is 7.96. The molecule has 0 aliphatic carbocycles. The molecule has 3 heterocycles. The van der Waals surface area contributed by atoms with Crippen molar-refractivity contribution in [2.75, 3.05) is 0 Å². The Balaban J connectivity index is 2.31. The average molecular weight is 212 g/mol. The van der Waals surface area contributed by atoms with Gasteiger partial charge in [-0.05, 0) is 43.7 Å². The molecule has 0 aliphatic heterocycles. The fraction of sp³-hybridized carbons (Fsp3) is 0.154. The second-order valence-electron chi connectivity index (χ2n) is 3.96. The first-order chi connectivity index (χ1) is 7.75. The molecule has 3 rings (SSSR count). The quantitative estimate of drug-likeness (QED) is 0.620. The molecule has 0 saturated carbocycles. The maximum Gasteiger partial charge on any atom is 0.154 e. The summed E-state index contributed by atoms with van der Waals surface area (Å²) < 4.78 is 7.46. The lowest BCUT2D eigenvalue weighted by Gasteiger charge is -1.97. The average Bonchev–Trinajstić information content (AvgIpc) is 2.86. The lowest BCUT2D eigenvalue weighted by molar-refractivity contribution is 0.580. The van der Waals surface area contributed by atoms with Gasteiger partial charge in [-0.3, -0.25) is 0 Å². The summed E-state index contributed by atoms with van der Waals surface area (Å²) in [6.45, 7) is 4.11. The van der Waals surface area contributed by atoms with Gasteiger partial charge in [-0.1, -0.05) is 0 Å². The number of furan rings is 1. The summed E-state index contributed by atoms with van der Waals surface area (Å²) in [5.41, 5.74) is 4.19. The zero-order valence-electron chi connectivity index (χ0n) is 9.27. The first-order valence-electron chi connectivity index (χ1n) is 5.25. The summed E-state index contributed by atoms with van der Waals surface area (Å²) >= 11 is 0. The van der Waals surface area contributed by atoms with Crippen LogP contribution in [-0.2, 0) is 0 Å². The highest BCUT2D eigenvalue weighted by atomic mass is 16.3. The van der Waals surface area contributed by atoms with Gasteiger partial charge < -0.3 is 8.82 Å². The Labute approximate surface area is 93.4 Å². The molecule has 0 amide bonds. The normalized spacial score (nSPS) is 11.1. The second kappa shape index (κ2) is 3.23. The van der Waals surface area contributed by atoms with Crippen molar-refractivity contribution in [3.05, 3.63) is 48.0 Å². The largest absolute Gasteiger partial charge is 0.463 e. The minimum Gasteiger partial charge on any atom is -0.463 e. The molecule has 0 unspecified atom stereocenters. The molecule has 0 fully saturated rings. The molecular weight excluding hydrogens is 200 g/mol. The number of imidazole rings is 1. The predicted molar refractivity (Wildman–Crippen MR) is 62.4 cm³/mol. The van der Waals surface area contributed by atoms with E-state index in [1.54, 1.807) is 6.26 Å². The predicted octanol–water partition coefficient (Wildman–Crippen LogP) is 3.21. The van der Waals surface area contributed by atoms with Crippen LogP contribution in [0.5, 0.6) is 0 Å². The van der Waals surface area contributed by atoms with Gasteiger partial charge in [0.25, 0.3) is 0 Å². The van der Waals surface area contributed by atoms with Crippen LogP contribution in [0.2, 0.25) is 0 Å². The van der Waals surface area contributed by atoms with E-state index in [2.05, 4.69) is 28.4 Å². The molecule has 3 aromatic rings. The van der Waals surface area contributed by atoms with Crippen molar-refractivity contribution in [2.45, 2.75) is 13.8 Å². The Hall–Kier alpha value is -2.03. The second-order valence-corrected chi connectivity index (χ2v) is 3.96. The van der Waals surface area contributed by atoms with Crippen LogP contribution in [0.25, 0.3) is 17.1 Å². The number of aryl methyl sites for hydroxylation is 2. The minimum absolute atomic E-state index is 0.818. The van der Waals surface area contributed by atoms with Crippen LogP contribution in [0, 0.1) is 13.8 Å². The molecule has 0 N–H and O–H groups in total. The third-order valence-corrected chi connectivity index (χ3v) is 2.78. The third kappa shape index (κ3) is 1.25. The lowest BCUT2D eigenvalue weighted by atomic mass is 10.3. The molecule has 0 aliphatic rings. The maximum atomic E-state index is 5.38. The van der Waals surface area contributed by atoms with Crippen LogP contribution < -0.4 is 0 Å². The van der Waals surface area contributed by atoms with Gasteiger partial charge in [0.15, 0.2) is 5.76 Å². The number of hydrogen-bond donors (Lipinski definition) is 0. The molecular formula is C13H12N2O. The van der Waals surface area contributed by atoms with E-state index in [1.165, 1.54) is 5.56 Å². The topological polar surface area (TPSA) is 30.4 Å². The van der Waals surface area contributed by atoms with E-state index >= 15 is 0 Å². The van der Waals surface area contributed by atoms with E-state index in [1.807, 2.05) is 25.3 Å². The molecule has 0 spiro atoms. The Morgan fingerprint density at radius 2 is 2.12 bits per heavy atom. The molecule has 80 valence electrons. The highest BCUT2D eigenvalue weighted by Crippen LogP contribution is 2.24. The van der Waals surface area contributed by atoms with Crippen LogP contribution in [0.4, 0.5) is 0 Å². The van der Waals surface area contributed by atoms with Crippen LogP contribution in [0.1, 0.15) is 11.3 Å². The molecule has 3 heteroatoms. The lowest BCUT2D eigenvalue weighted by Crippen LogP contribution is -1.87. The SMILES string of the molecule is Cc1ccn2c(C)c(-c3ccco3)nc2c1. The molecule has 0 atom stereocenters. The van der Waals surface area contributed by atoms with E-state index in [0.717, 1.165) is 22.8 Å². The smallest absolute Gasteiger partial charge is 0.154 e. The fourth-order valence-electron chi connectivity index (χ4n) is 1.92. The van der Waals surface area contributed by atoms with E-state index in [4.69, 9.17) is 4.42 Å². The van der Waals surface area contributed by atoms with Gasteiger partial charge in [-0.25, -0.2) is 4.98 Å². The number of nitrogens with zero attached hydrogens (tertiary/aromatic N) is 2. The fourth-order valence-corrected chi connectivity index (χ4v) is 1.92. The van der Waals surface area contributed by atoms with Gasteiger partial charge in [-0.15, -0.1) is 0 Å². The molecule has 0 saturated heterocycles. The van der Waals surface area contributed by atoms with Crippen LogP contribution >= 0.6 is 0 Å². The van der Waals surface area contributed by atoms with Gasteiger partial charge in [0.05, 0.1) is 12.0 Å². The van der Waals surface area contributed by atoms with Crippen LogP contribution in [0.3, 0.4) is 0 Å². The van der Waals surface area contributed by atoms with Crippen molar-refractivity contribution in [3.63, 3.8) is 0 Å². The summed E-state index contributed by atoms with van der Waals surface area (Å²) in [5, 5.41) is 0. The zero-order valence-corrected chi connectivity index (χ0v) is 9.27. The number of hydrogen-bond acceptors (Lipinski definition) is 2. The van der Waals surface area contributed by atoms with E-state index in [0.29, 0.717) is 0 Å². The summed E-state index contributed by atoms with van der Waals surface area (Å²) in [7, 11) is 0. The molecule has 0 aromatic carbocycles. The molecule has 3 aromatic heterocycles. The van der Waals surface area contributed by atoms with Gasteiger partial charge >= 0.3 is 0 Å². The Morgan fingerprint density at radius 1 is 1.25 bits per heavy atom. The van der Waals surface area contributed by atoms with Gasteiger partial charge in [0, 0.05) is 6.20 Å².